The molecule has 0 aromatic rings. The first kappa shape index (κ1) is 12.4. The van der Waals surface area contributed by atoms with Gasteiger partial charge in [0.2, 0.25) is 0 Å². The Hall–Kier alpha value is -0.0800. The lowest BCUT2D eigenvalue weighted by molar-refractivity contribution is 0.248. The topological polar surface area (TPSA) is 38.0 Å². The van der Waals surface area contributed by atoms with Gasteiger partial charge in [0.05, 0.1) is 0 Å². The van der Waals surface area contributed by atoms with Crippen LogP contribution in [0, 0.1) is 11.8 Å². The van der Waals surface area contributed by atoms with Gasteiger partial charge in [0, 0.05) is 12.1 Å². The van der Waals surface area contributed by atoms with Crippen LogP contribution >= 0.6 is 0 Å². The zero-order valence-electron chi connectivity index (χ0n) is 10.8. The summed E-state index contributed by atoms with van der Waals surface area (Å²) in [6, 6.07) is 1.42. The summed E-state index contributed by atoms with van der Waals surface area (Å²) in [5.74, 6) is 1.67. The van der Waals surface area contributed by atoms with Gasteiger partial charge in [0.25, 0.3) is 0 Å². The van der Waals surface area contributed by atoms with Crippen LogP contribution < -0.4 is 11.1 Å². The highest BCUT2D eigenvalue weighted by atomic mass is 15.0. The standard InChI is InChI=1S/C14H28N2/c1-11(12-6-3-2-4-7-12)16-14-9-5-8-13(14)10-15/h11-14,16H,2-10,15H2,1H3. The van der Waals surface area contributed by atoms with Crippen LogP contribution in [0.15, 0.2) is 0 Å². The molecular formula is C14H28N2. The molecule has 2 rings (SSSR count). The van der Waals surface area contributed by atoms with Gasteiger partial charge in [-0.1, -0.05) is 25.7 Å². The average molecular weight is 224 g/mol. The molecule has 0 aromatic heterocycles. The zero-order chi connectivity index (χ0) is 11.4. The highest BCUT2D eigenvalue weighted by Gasteiger charge is 2.29. The second kappa shape index (κ2) is 6.02. The van der Waals surface area contributed by atoms with Gasteiger partial charge in [0.15, 0.2) is 0 Å². The Morgan fingerprint density at radius 3 is 2.50 bits per heavy atom. The molecule has 0 bridgehead atoms. The summed E-state index contributed by atoms with van der Waals surface area (Å²) in [4.78, 5) is 0. The summed E-state index contributed by atoms with van der Waals surface area (Å²) in [5, 5.41) is 3.87. The Labute approximate surface area is 100 Å². The normalized spacial score (nSPS) is 34.1. The molecule has 0 spiro atoms. The van der Waals surface area contributed by atoms with Crippen molar-refractivity contribution in [2.75, 3.05) is 6.54 Å². The van der Waals surface area contributed by atoms with Gasteiger partial charge in [-0.05, 0) is 51.0 Å². The van der Waals surface area contributed by atoms with E-state index in [9.17, 15) is 0 Å². The molecule has 3 unspecified atom stereocenters. The van der Waals surface area contributed by atoms with E-state index < -0.39 is 0 Å². The summed E-state index contributed by atoms with van der Waals surface area (Å²) in [7, 11) is 0. The van der Waals surface area contributed by atoms with Crippen molar-refractivity contribution in [3.05, 3.63) is 0 Å². The lowest BCUT2D eigenvalue weighted by Crippen LogP contribution is -2.44. The van der Waals surface area contributed by atoms with E-state index in [1.807, 2.05) is 0 Å². The van der Waals surface area contributed by atoms with E-state index in [1.54, 1.807) is 0 Å². The third-order valence-corrected chi connectivity index (χ3v) is 4.80. The number of hydrogen-bond donors (Lipinski definition) is 2. The van der Waals surface area contributed by atoms with Gasteiger partial charge in [0.1, 0.15) is 0 Å². The monoisotopic (exact) mass is 224 g/mol. The summed E-state index contributed by atoms with van der Waals surface area (Å²) >= 11 is 0. The predicted molar refractivity (Wildman–Crippen MR) is 69.4 cm³/mol. The van der Waals surface area contributed by atoms with Crippen LogP contribution in [0.1, 0.15) is 58.3 Å². The van der Waals surface area contributed by atoms with E-state index in [-0.39, 0.29) is 0 Å². The maximum Gasteiger partial charge on any atom is 0.0110 e. The molecule has 2 aliphatic carbocycles. The van der Waals surface area contributed by atoms with E-state index in [0.717, 1.165) is 18.4 Å². The second-order valence-electron chi connectivity index (χ2n) is 5.89. The molecule has 2 aliphatic rings. The molecule has 2 heteroatoms. The van der Waals surface area contributed by atoms with E-state index in [4.69, 9.17) is 5.73 Å². The molecule has 0 amide bonds. The fourth-order valence-electron chi connectivity index (χ4n) is 3.65. The zero-order valence-corrected chi connectivity index (χ0v) is 10.8. The highest BCUT2D eigenvalue weighted by Crippen LogP contribution is 2.29. The second-order valence-corrected chi connectivity index (χ2v) is 5.89. The molecule has 2 nitrogen and oxygen atoms in total. The number of hydrogen-bond acceptors (Lipinski definition) is 2. The lowest BCUT2D eigenvalue weighted by atomic mass is 9.84. The van der Waals surface area contributed by atoms with Gasteiger partial charge in [-0.15, -0.1) is 0 Å². The average Bonchev–Trinajstić information content (AvgIpc) is 2.77. The predicted octanol–water partition coefficient (Wildman–Crippen LogP) is 2.67. The van der Waals surface area contributed by atoms with Crippen molar-refractivity contribution in [2.24, 2.45) is 17.6 Å². The van der Waals surface area contributed by atoms with Crippen molar-refractivity contribution >= 4 is 0 Å². The third-order valence-electron chi connectivity index (χ3n) is 4.80. The minimum Gasteiger partial charge on any atom is -0.330 e. The van der Waals surface area contributed by atoms with E-state index in [2.05, 4.69) is 12.2 Å². The van der Waals surface area contributed by atoms with Crippen LogP contribution in [0.3, 0.4) is 0 Å². The molecule has 0 radical (unpaired) electrons. The van der Waals surface area contributed by atoms with Gasteiger partial charge in [-0.2, -0.15) is 0 Å². The highest BCUT2D eigenvalue weighted by molar-refractivity contribution is 4.87. The van der Waals surface area contributed by atoms with Crippen LogP contribution in [0.2, 0.25) is 0 Å². The molecule has 3 atom stereocenters. The molecule has 16 heavy (non-hydrogen) atoms. The Morgan fingerprint density at radius 2 is 1.81 bits per heavy atom. The van der Waals surface area contributed by atoms with Crippen LogP contribution in [0.5, 0.6) is 0 Å². The third kappa shape index (κ3) is 2.98. The molecule has 94 valence electrons. The maximum absolute atomic E-state index is 5.84. The molecule has 0 saturated heterocycles. The molecular weight excluding hydrogens is 196 g/mol. The minimum absolute atomic E-state index is 0.706. The first-order valence-electron chi connectivity index (χ1n) is 7.27. The van der Waals surface area contributed by atoms with Crippen molar-refractivity contribution in [1.29, 1.82) is 0 Å². The fourth-order valence-corrected chi connectivity index (χ4v) is 3.65. The van der Waals surface area contributed by atoms with Crippen LogP contribution in [-0.4, -0.2) is 18.6 Å². The van der Waals surface area contributed by atoms with Crippen molar-refractivity contribution < 1.29 is 0 Å². The van der Waals surface area contributed by atoms with Crippen molar-refractivity contribution in [1.82, 2.24) is 5.32 Å². The molecule has 0 aliphatic heterocycles. The largest absolute Gasteiger partial charge is 0.330 e. The van der Waals surface area contributed by atoms with Gasteiger partial charge >= 0.3 is 0 Å². The van der Waals surface area contributed by atoms with Crippen LogP contribution in [-0.2, 0) is 0 Å². The van der Waals surface area contributed by atoms with Crippen molar-refractivity contribution in [3.63, 3.8) is 0 Å². The molecule has 2 saturated carbocycles. The van der Waals surface area contributed by atoms with Gasteiger partial charge in [-0.3, -0.25) is 0 Å². The smallest absolute Gasteiger partial charge is 0.0110 e. The number of nitrogens with one attached hydrogen (secondary N) is 1. The van der Waals surface area contributed by atoms with E-state index in [1.165, 1.54) is 51.4 Å². The van der Waals surface area contributed by atoms with Crippen LogP contribution in [0.4, 0.5) is 0 Å². The number of rotatable bonds is 4. The van der Waals surface area contributed by atoms with Crippen LogP contribution in [0.25, 0.3) is 0 Å². The summed E-state index contributed by atoms with van der Waals surface area (Å²) in [6.45, 7) is 3.26. The number of nitrogens with two attached hydrogens (primary N) is 1. The Balaban J connectivity index is 1.78. The quantitative estimate of drug-likeness (QED) is 0.770. The first-order chi connectivity index (χ1) is 7.81. The summed E-state index contributed by atoms with van der Waals surface area (Å²) in [6.07, 6.45) is 11.3. The van der Waals surface area contributed by atoms with Gasteiger partial charge < -0.3 is 11.1 Å². The minimum atomic E-state index is 0.706. The molecule has 0 aromatic carbocycles. The summed E-state index contributed by atoms with van der Waals surface area (Å²) in [5.41, 5.74) is 5.84. The van der Waals surface area contributed by atoms with Crippen molar-refractivity contribution in [3.8, 4) is 0 Å². The van der Waals surface area contributed by atoms with Crippen molar-refractivity contribution in [2.45, 2.75) is 70.4 Å². The van der Waals surface area contributed by atoms with E-state index >= 15 is 0 Å². The van der Waals surface area contributed by atoms with E-state index in [0.29, 0.717) is 12.1 Å². The molecule has 3 N–H and O–H groups in total. The maximum atomic E-state index is 5.84. The molecule has 0 heterocycles. The van der Waals surface area contributed by atoms with Gasteiger partial charge in [-0.25, -0.2) is 0 Å². The Bertz CT molecular complexity index is 199. The summed E-state index contributed by atoms with van der Waals surface area (Å²) < 4.78 is 0. The molecule has 2 fully saturated rings. The lowest BCUT2D eigenvalue weighted by Gasteiger charge is -2.32. The SMILES string of the molecule is CC(NC1CCCC1CN)C1CCCCC1. The Kier molecular flexibility index (Phi) is 4.66. The Morgan fingerprint density at radius 1 is 1.06 bits per heavy atom. The first-order valence-corrected chi connectivity index (χ1v) is 7.27. The fraction of sp³-hybridized carbons (Fsp3) is 1.00.